The number of nitrogens with zero attached hydrogens (tertiary/aromatic N) is 3. The van der Waals surface area contributed by atoms with E-state index in [0.29, 0.717) is 17.2 Å². The first-order valence-corrected chi connectivity index (χ1v) is 11.9. The lowest BCUT2D eigenvalue weighted by atomic mass is 10.1. The summed E-state index contributed by atoms with van der Waals surface area (Å²) in [5.74, 6) is 0.131. The summed E-state index contributed by atoms with van der Waals surface area (Å²) in [6, 6.07) is 8.05. The molecule has 1 aliphatic carbocycles. The number of carbonyl (C=O) groups excluding carboxylic acids is 1. The fraction of sp³-hybridized carbons (Fsp3) is 0.409. The van der Waals surface area contributed by atoms with E-state index < -0.39 is 9.84 Å². The zero-order chi connectivity index (χ0) is 21.8. The summed E-state index contributed by atoms with van der Waals surface area (Å²) < 4.78 is 25.2. The van der Waals surface area contributed by atoms with Gasteiger partial charge in [-0.15, -0.1) is 0 Å². The summed E-state index contributed by atoms with van der Waals surface area (Å²) >= 11 is 0. The van der Waals surface area contributed by atoms with Gasteiger partial charge < -0.3 is 5.32 Å². The van der Waals surface area contributed by atoms with Crippen LogP contribution in [0.5, 0.6) is 0 Å². The molecule has 2 heterocycles. The van der Waals surface area contributed by atoms with Crippen LogP contribution in [0.4, 0.5) is 5.69 Å². The third-order valence-corrected chi connectivity index (χ3v) is 6.38. The molecule has 0 unspecified atom stereocenters. The average molecular weight is 427 g/mol. The van der Waals surface area contributed by atoms with Crippen LogP contribution in [0.25, 0.3) is 11.0 Å². The summed E-state index contributed by atoms with van der Waals surface area (Å²) in [6.45, 7) is 8.08. The molecule has 0 radical (unpaired) electrons. The fourth-order valence-electron chi connectivity index (χ4n) is 3.53. The van der Waals surface area contributed by atoms with Crippen molar-refractivity contribution < 1.29 is 13.2 Å². The third kappa shape index (κ3) is 3.84. The van der Waals surface area contributed by atoms with Crippen molar-refractivity contribution in [3.8, 4) is 0 Å². The van der Waals surface area contributed by atoms with Crippen LogP contribution in [0.3, 0.4) is 0 Å². The molecule has 2 aromatic heterocycles. The van der Waals surface area contributed by atoms with Crippen LogP contribution < -0.4 is 5.32 Å². The van der Waals surface area contributed by atoms with Crippen molar-refractivity contribution in [2.45, 2.75) is 56.9 Å². The van der Waals surface area contributed by atoms with Gasteiger partial charge in [0.2, 0.25) is 0 Å². The van der Waals surface area contributed by atoms with Crippen LogP contribution in [-0.4, -0.2) is 35.3 Å². The molecule has 1 amide bonds. The van der Waals surface area contributed by atoms with Crippen molar-refractivity contribution in [3.63, 3.8) is 0 Å². The van der Waals surface area contributed by atoms with Crippen LogP contribution in [0.15, 0.2) is 35.2 Å². The summed E-state index contributed by atoms with van der Waals surface area (Å²) in [7, 11) is -3.29. The van der Waals surface area contributed by atoms with E-state index in [0.717, 1.165) is 41.5 Å². The molecule has 8 heteroatoms. The minimum Gasteiger partial charge on any atom is -0.322 e. The molecule has 0 aliphatic heterocycles. The van der Waals surface area contributed by atoms with E-state index in [1.165, 1.54) is 12.1 Å². The van der Waals surface area contributed by atoms with Gasteiger partial charge in [0.05, 0.1) is 27.1 Å². The highest BCUT2D eigenvalue weighted by Crippen LogP contribution is 2.41. The number of amides is 1. The van der Waals surface area contributed by atoms with E-state index in [-0.39, 0.29) is 16.3 Å². The van der Waals surface area contributed by atoms with Crippen LogP contribution in [0.1, 0.15) is 61.3 Å². The molecule has 1 N–H and O–H groups in total. The van der Waals surface area contributed by atoms with E-state index in [1.54, 1.807) is 12.1 Å². The lowest BCUT2D eigenvalue weighted by Crippen LogP contribution is -2.23. The lowest BCUT2D eigenvalue weighted by molar-refractivity contribution is 0.102. The number of hydrogen-bond acceptors (Lipinski definition) is 5. The van der Waals surface area contributed by atoms with E-state index in [9.17, 15) is 13.2 Å². The Kier molecular flexibility index (Phi) is 4.73. The van der Waals surface area contributed by atoms with Crippen LogP contribution in [0, 0.1) is 6.92 Å². The first-order chi connectivity index (χ1) is 13.9. The van der Waals surface area contributed by atoms with Gasteiger partial charge in [-0.3, -0.25) is 4.79 Å². The summed E-state index contributed by atoms with van der Waals surface area (Å²) in [5, 5.41) is 8.32. The zero-order valence-electron chi connectivity index (χ0n) is 17.9. The van der Waals surface area contributed by atoms with Gasteiger partial charge in [-0.2, -0.15) is 5.10 Å². The largest absolute Gasteiger partial charge is 0.322 e. The number of benzene rings is 1. The number of nitrogens with one attached hydrogen (secondary N) is 1. The molecule has 0 bridgehead atoms. The average Bonchev–Trinajstić information content (AvgIpc) is 3.44. The number of fused-ring (bicyclic) bond motifs is 1. The first kappa shape index (κ1) is 20.5. The molecule has 7 nitrogen and oxygen atoms in total. The van der Waals surface area contributed by atoms with Crippen LogP contribution in [-0.2, 0) is 15.4 Å². The van der Waals surface area contributed by atoms with Gasteiger partial charge in [-0.1, -0.05) is 0 Å². The third-order valence-electron chi connectivity index (χ3n) is 5.25. The number of aryl methyl sites for hydroxylation is 1. The van der Waals surface area contributed by atoms with Crippen molar-refractivity contribution >= 4 is 32.5 Å². The van der Waals surface area contributed by atoms with Gasteiger partial charge in [0, 0.05) is 23.6 Å². The monoisotopic (exact) mass is 426 g/mol. The number of hydrogen-bond donors (Lipinski definition) is 1. The maximum atomic E-state index is 13.2. The summed E-state index contributed by atoms with van der Waals surface area (Å²) in [4.78, 5) is 18.3. The van der Waals surface area contributed by atoms with Gasteiger partial charge in [0.1, 0.15) is 0 Å². The summed E-state index contributed by atoms with van der Waals surface area (Å²) in [5.41, 5.74) is 3.21. The molecule has 0 atom stereocenters. The molecule has 158 valence electrons. The molecule has 3 aromatic rings. The van der Waals surface area contributed by atoms with Crippen LogP contribution in [0.2, 0.25) is 0 Å². The number of carbonyl (C=O) groups is 1. The minimum absolute atomic E-state index is 0.213. The Bertz CT molecular complexity index is 1250. The van der Waals surface area contributed by atoms with Gasteiger partial charge >= 0.3 is 0 Å². The van der Waals surface area contributed by atoms with E-state index in [2.05, 4.69) is 31.2 Å². The number of rotatable bonds is 4. The Morgan fingerprint density at radius 2 is 1.80 bits per heavy atom. The van der Waals surface area contributed by atoms with Crippen molar-refractivity contribution in [1.29, 1.82) is 0 Å². The Hall–Kier alpha value is -2.74. The van der Waals surface area contributed by atoms with E-state index >= 15 is 0 Å². The van der Waals surface area contributed by atoms with Gasteiger partial charge in [-0.25, -0.2) is 18.1 Å². The SMILES string of the molecule is Cc1nn(C(C)(C)C)c2nc(C3CC3)cc(C(=O)Nc3ccc(S(C)(=O)=O)cc3)c12. The van der Waals surface area contributed by atoms with Gasteiger partial charge in [0.15, 0.2) is 15.5 Å². The van der Waals surface area contributed by atoms with Crippen molar-refractivity contribution in [2.75, 3.05) is 11.6 Å². The van der Waals surface area contributed by atoms with Gasteiger partial charge in [0.25, 0.3) is 5.91 Å². The Morgan fingerprint density at radius 3 is 2.33 bits per heavy atom. The second-order valence-electron chi connectivity index (χ2n) is 8.99. The molecular formula is C22H26N4O3S. The Balaban J connectivity index is 1.77. The molecule has 30 heavy (non-hydrogen) atoms. The van der Waals surface area contributed by atoms with E-state index in [1.807, 2.05) is 17.7 Å². The fourth-order valence-corrected chi connectivity index (χ4v) is 4.16. The Morgan fingerprint density at radius 1 is 1.17 bits per heavy atom. The van der Waals surface area contributed by atoms with Crippen molar-refractivity contribution in [1.82, 2.24) is 14.8 Å². The molecule has 1 saturated carbocycles. The van der Waals surface area contributed by atoms with Crippen molar-refractivity contribution in [2.24, 2.45) is 0 Å². The molecular weight excluding hydrogens is 400 g/mol. The highest BCUT2D eigenvalue weighted by Gasteiger charge is 2.30. The normalized spacial score (nSPS) is 14.8. The van der Waals surface area contributed by atoms with E-state index in [4.69, 9.17) is 4.98 Å². The molecule has 4 rings (SSSR count). The smallest absolute Gasteiger partial charge is 0.256 e. The lowest BCUT2D eigenvalue weighted by Gasteiger charge is -2.20. The predicted octanol–water partition coefficient (Wildman–Crippen LogP) is 4.03. The van der Waals surface area contributed by atoms with Crippen LogP contribution >= 0.6 is 0 Å². The zero-order valence-corrected chi connectivity index (χ0v) is 18.7. The molecule has 1 fully saturated rings. The highest BCUT2D eigenvalue weighted by atomic mass is 32.2. The standard InChI is InChI=1S/C22H26N4O3S/c1-13-19-17(21(27)23-15-8-10-16(11-9-15)30(5,28)29)12-18(14-6-7-14)24-20(19)26(25-13)22(2,3)4/h8-12,14H,6-7H2,1-5H3,(H,23,27). The molecule has 1 aromatic carbocycles. The molecule has 0 spiro atoms. The second-order valence-corrected chi connectivity index (χ2v) is 11.0. The second kappa shape index (κ2) is 6.91. The molecule has 0 saturated heterocycles. The number of sulfone groups is 1. The number of anilines is 1. The summed E-state index contributed by atoms with van der Waals surface area (Å²) in [6.07, 6.45) is 3.31. The number of aromatic nitrogens is 3. The predicted molar refractivity (Wildman–Crippen MR) is 117 cm³/mol. The van der Waals surface area contributed by atoms with Crippen molar-refractivity contribution in [3.05, 3.63) is 47.3 Å². The number of pyridine rings is 1. The molecule has 1 aliphatic rings. The first-order valence-electron chi connectivity index (χ1n) is 9.97. The highest BCUT2D eigenvalue weighted by molar-refractivity contribution is 7.90. The topological polar surface area (TPSA) is 93.9 Å². The minimum atomic E-state index is -3.29. The maximum absolute atomic E-state index is 13.2. The quantitative estimate of drug-likeness (QED) is 0.680. The maximum Gasteiger partial charge on any atom is 0.256 e. The Labute approximate surface area is 176 Å². The van der Waals surface area contributed by atoms with Gasteiger partial charge in [-0.05, 0) is 70.9 Å².